The molecule has 1 aromatic carbocycles. The molecule has 118 valence electrons. The molecule has 1 unspecified atom stereocenters. The van der Waals surface area contributed by atoms with Gasteiger partial charge in [-0.2, -0.15) is 0 Å². The van der Waals surface area contributed by atoms with Gasteiger partial charge in [-0.1, -0.05) is 29.3 Å². The van der Waals surface area contributed by atoms with Crippen molar-refractivity contribution in [3.63, 3.8) is 0 Å². The molecule has 0 aliphatic carbocycles. The Morgan fingerprint density at radius 1 is 1.32 bits per heavy atom. The minimum Gasteiger partial charge on any atom is -0.444 e. The van der Waals surface area contributed by atoms with Gasteiger partial charge in [0.25, 0.3) is 5.91 Å². The summed E-state index contributed by atoms with van der Waals surface area (Å²) < 4.78 is 6.23. The summed E-state index contributed by atoms with van der Waals surface area (Å²) in [6.07, 6.45) is 1.91. The number of esters is 1. The minimum atomic E-state index is -1.41. The van der Waals surface area contributed by atoms with Crippen LogP contribution in [0.5, 0.6) is 0 Å². The third-order valence-electron chi connectivity index (χ3n) is 3.70. The van der Waals surface area contributed by atoms with Crippen molar-refractivity contribution in [2.75, 3.05) is 4.90 Å². The van der Waals surface area contributed by atoms with E-state index in [2.05, 4.69) is 15.9 Å². The number of carbonyl (C=O) groups is 3. The molecular formula is C16H18BrNO4. The Bertz CT molecular complexity index is 643. The van der Waals surface area contributed by atoms with Crippen LogP contribution < -0.4 is 4.90 Å². The molecule has 0 bridgehead atoms. The highest BCUT2D eigenvalue weighted by Gasteiger charge is 2.54. The molecule has 0 saturated carbocycles. The van der Waals surface area contributed by atoms with Crippen molar-refractivity contribution in [2.24, 2.45) is 0 Å². The maximum Gasteiger partial charge on any atom is 0.304 e. The lowest BCUT2D eigenvalue weighted by Gasteiger charge is -2.27. The second-order valence-corrected chi connectivity index (χ2v) is 6.26. The van der Waals surface area contributed by atoms with Crippen LogP contribution in [0.3, 0.4) is 0 Å². The van der Waals surface area contributed by atoms with Gasteiger partial charge in [0.15, 0.2) is 0 Å². The van der Waals surface area contributed by atoms with Crippen molar-refractivity contribution >= 4 is 39.4 Å². The lowest BCUT2D eigenvalue weighted by molar-refractivity contribution is -0.167. The molecular weight excluding hydrogens is 350 g/mol. The number of fused-ring (bicyclic) bond motifs is 1. The number of imide groups is 1. The third kappa shape index (κ3) is 2.67. The Kier molecular flexibility index (Phi) is 4.70. The summed E-state index contributed by atoms with van der Waals surface area (Å²) in [5.41, 5.74) is -0.365. The monoisotopic (exact) mass is 367 g/mol. The van der Waals surface area contributed by atoms with E-state index >= 15 is 0 Å². The van der Waals surface area contributed by atoms with Gasteiger partial charge in [0.1, 0.15) is 0 Å². The number of rotatable bonds is 4. The van der Waals surface area contributed by atoms with Crippen molar-refractivity contribution in [2.45, 2.75) is 45.6 Å². The lowest BCUT2D eigenvalue weighted by Crippen LogP contribution is -2.45. The van der Waals surface area contributed by atoms with Crippen molar-refractivity contribution in [1.82, 2.24) is 0 Å². The van der Waals surface area contributed by atoms with E-state index < -0.39 is 17.5 Å². The third-order valence-corrected chi connectivity index (χ3v) is 4.19. The number of hydrogen-bond donors (Lipinski definition) is 0. The van der Waals surface area contributed by atoms with Gasteiger partial charge in [-0.25, -0.2) is 4.90 Å². The summed E-state index contributed by atoms with van der Waals surface area (Å²) in [4.78, 5) is 37.5. The predicted octanol–water partition coefficient (Wildman–Crippen LogP) is 3.29. The number of amides is 2. The summed E-state index contributed by atoms with van der Waals surface area (Å²) in [6.45, 7) is 4.59. The SMILES string of the molecule is CCCCC1(OC(C)=O)C(=O)N(C(C)=O)c2ccc(Br)cc21. The zero-order chi connectivity index (χ0) is 16.5. The number of nitrogens with zero attached hydrogens (tertiary/aromatic N) is 1. The molecule has 22 heavy (non-hydrogen) atoms. The second kappa shape index (κ2) is 6.20. The van der Waals surface area contributed by atoms with E-state index in [9.17, 15) is 14.4 Å². The van der Waals surface area contributed by atoms with Gasteiger partial charge in [-0.3, -0.25) is 14.4 Å². The maximum atomic E-state index is 12.9. The van der Waals surface area contributed by atoms with E-state index in [1.165, 1.54) is 13.8 Å². The predicted molar refractivity (Wildman–Crippen MR) is 85.3 cm³/mol. The highest BCUT2D eigenvalue weighted by molar-refractivity contribution is 9.10. The zero-order valence-corrected chi connectivity index (χ0v) is 14.4. The number of ether oxygens (including phenoxy) is 1. The molecule has 0 saturated heterocycles. The van der Waals surface area contributed by atoms with Gasteiger partial charge in [-0.05, 0) is 24.6 Å². The second-order valence-electron chi connectivity index (χ2n) is 5.35. The Balaban J connectivity index is 2.66. The summed E-state index contributed by atoms with van der Waals surface area (Å²) >= 11 is 3.37. The number of carbonyl (C=O) groups excluding carboxylic acids is 3. The van der Waals surface area contributed by atoms with Crippen LogP contribution >= 0.6 is 15.9 Å². The van der Waals surface area contributed by atoms with Crippen LogP contribution in [0.4, 0.5) is 5.69 Å². The average Bonchev–Trinajstić information content (AvgIpc) is 2.66. The van der Waals surface area contributed by atoms with Crippen LogP contribution in [-0.4, -0.2) is 17.8 Å². The number of halogens is 1. The standard InChI is InChI=1S/C16H18BrNO4/c1-4-5-8-16(22-11(3)20)13-9-12(17)6-7-14(13)18(10(2)19)15(16)21/h6-7,9H,4-5,8H2,1-3H3. The summed E-state index contributed by atoms with van der Waals surface area (Å²) in [6, 6.07) is 5.19. The van der Waals surface area contributed by atoms with Gasteiger partial charge in [0.05, 0.1) is 5.69 Å². The van der Waals surface area contributed by atoms with Crippen LogP contribution in [-0.2, 0) is 24.7 Å². The number of hydrogen-bond acceptors (Lipinski definition) is 4. The first-order valence-corrected chi connectivity index (χ1v) is 7.97. The smallest absolute Gasteiger partial charge is 0.304 e. The fraction of sp³-hybridized carbons (Fsp3) is 0.438. The summed E-state index contributed by atoms with van der Waals surface area (Å²) in [5.74, 6) is -1.42. The molecule has 0 aromatic heterocycles. The fourth-order valence-corrected chi connectivity index (χ4v) is 3.17. The van der Waals surface area contributed by atoms with Crippen LogP contribution in [0, 0.1) is 0 Å². The van der Waals surface area contributed by atoms with Gasteiger partial charge in [0, 0.05) is 30.3 Å². The maximum absolute atomic E-state index is 12.9. The Morgan fingerprint density at radius 2 is 2.00 bits per heavy atom. The molecule has 5 nitrogen and oxygen atoms in total. The van der Waals surface area contributed by atoms with E-state index in [0.29, 0.717) is 24.1 Å². The number of anilines is 1. The summed E-state index contributed by atoms with van der Waals surface area (Å²) in [7, 11) is 0. The van der Waals surface area contributed by atoms with E-state index in [4.69, 9.17) is 4.74 Å². The molecule has 0 radical (unpaired) electrons. The van der Waals surface area contributed by atoms with Crippen LogP contribution in [0.25, 0.3) is 0 Å². The minimum absolute atomic E-state index is 0.356. The highest BCUT2D eigenvalue weighted by Crippen LogP contribution is 2.47. The molecule has 1 atom stereocenters. The molecule has 1 heterocycles. The van der Waals surface area contributed by atoms with Gasteiger partial charge < -0.3 is 4.74 Å². The number of benzene rings is 1. The molecule has 1 aromatic rings. The first-order chi connectivity index (χ1) is 10.3. The van der Waals surface area contributed by atoms with Gasteiger partial charge in [0.2, 0.25) is 11.5 Å². The molecule has 1 aliphatic rings. The van der Waals surface area contributed by atoms with Crippen LogP contribution in [0.1, 0.15) is 45.6 Å². The molecule has 0 spiro atoms. The van der Waals surface area contributed by atoms with Crippen molar-refractivity contribution < 1.29 is 19.1 Å². The molecule has 1 aliphatic heterocycles. The zero-order valence-electron chi connectivity index (χ0n) is 12.8. The van der Waals surface area contributed by atoms with Crippen LogP contribution in [0.2, 0.25) is 0 Å². The van der Waals surface area contributed by atoms with Crippen molar-refractivity contribution in [3.8, 4) is 0 Å². The fourth-order valence-electron chi connectivity index (χ4n) is 2.81. The molecule has 6 heteroatoms. The Morgan fingerprint density at radius 3 is 2.55 bits per heavy atom. The molecule has 0 N–H and O–H groups in total. The van der Waals surface area contributed by atoms with Crippen molar-refractivity contribution in [3.05, 3.63) is 28.2 Å². The first-order valence-electron chi connectivity index (χ1n) is 7.18. The average molecular weight is 368 g/mol. The van der Waals surface area contributed by atoms with Gasteiger partial charge >= 0.3 is 5.97 Å². The highest BCUT2D eigenvalue weighted by atomic mass is 79.9. The largest absolute Gasteiger partial charge is 0.444 e. The van der Waals surface area contributed by atoms with Crippen LogP contribution in [0.15, 0.2) is 22.7 Å². The quantitative estimate of drug-likeness (QED) is 0.765. The summed E-state index contributed by atoms with van der Waals surface area (Å²) in [5, 5.41) is 0. The Labute approximate surface area is 137 Å². The van der Waals surface area contributed by atoms with E-state index in [0.717, 1.165) is 15.8 Å². The van der Waals surface area contributed by atoms with E-state index in [1.807, 2.05) is 6.92 Å². The normalized spacial score (nSPS) is 20.0. The van der Waals surface area contributed by atoms with E-state index in [1.54, 1.807) is 18.2 Å². The Hall–Kier alpha value is -1.69. The lowest BCUT2D eigenvalue weighted by atomic mass is 9.89. The molecule has 0 fully saturated rings. The molecule has 2 amide bonds. The molecule has 2 rings (SSSR count). The topological polar surface area (TPSA) is 63.7 Å². The van der Waals surface area contributed by atoms with Crippen molar-refractivity contribution in [1.29, 1.82) is 0 Å². The van der Waals surface area contributed by atoms with Gasteiger partial charge in [-0.15, -0.1) is 0 Å². The number of unbranched alkanes of at least 4 members (excludes halogenated alkanes) is 1. The van der Waals surface area contributed by atoms with E-state index in [-0.39, 0.29) is 5.91 Å². The first kappa shape index (κ1) is 16.7.